The quantitative estimate of drug-likeness (QED) is 0.574. The van der Waals surface area contributed by atoms with Gasteiger partial charge in [-0.3, -0.25) is 19.5 Å². The summed E-state index contributed by atoms with van der Waals surface area (Å²) in [5.41, 5.74) is 0.447. The summed E-state index contributed by atoms with van der Waals surface area (Å²) in [6, 6.07) is 7.11. The Morgan fingerprint density at radius 3 is 2.73 bits per heavy atom. The average molecular weight is 378 g/mol. The molecule has 0 fully saturated rings. The summed E-state index contributed by atoms with van der Waals surface area (Å²) >= 11 is 1.11. The molecule has 2 rings (SSSR count). The maximum atomic E-state index is 12.8. The molecule has 0 aliphatic heterocycles. The Kier molecular flexibility index (Phi) is 7.16. The van der Waals surface area contributed by atoms with Crippen molar-refractivity contribution in [3.63, 3.8) is 0 Å². The van der Waals surface area contributed by atoms with E-state index in [1.807, 2.05) is 25.1 Å². The molecule has 26 heavy (non-hydrogen) atoms. The minimum atomic E-state index is -0.814. The number of methoxy groups -OCH3 is 1. The lowest BCUT2D eigenvalue weighted by Gasteiger charge is -2.14. The van der Waals surface area contributed by atoms with Crippen LogP contribution in [-0.2, 0) is 16.1 Å². The normalized spacial score (nSPS) is 10.9. The van der Waals surface area contributed by atoms with E-state index < -0.39 is 12.0 Å². The molecule has 0 radical (unpaired) electrons. The number of rotatable bonds is 7. The first-order valence-corrected chi connectivity index (χ1v) is 9.06. The molecule has 1 heterocycles. The highest BCUT2D eigenvalue weighted by Gasteiger charge is 2.14. The van der Waals surface area contributed by atoms with Gasteiger partial charge in [0.15, 0.2) is 5.16 Å². The minimum absolute atomic E-state index is 0.0481. The standard InChI is InChI=1S/C17H22N4O4S/c1-20(2)9-6-10-21-15(23)12-7-4-5-8-13(12)18-16(21)26-11-14(22)19-17(24)25-3/h4-5,7-8H,6,9-11H2,1-3H3,(H,19,22,24). The van der Waals surface area contributed by atoms with Crippen molar-refractivity contribution in [2.75, 3.05) is 33.5 Å². The first kappa shape index (κ1) is 19.9. The van der Waals surface area contributed by atoms with Crippen LogP contribution in [0.15, 0.2) is 34.2 Å². The Labute approximate surface area is 155 Å². The molecule has 0 saturated heterocycles. The molecule has 1 aromatic heterocycles. The van der Waals surface area contributed by atoms with E-state index in [0.29, 0.717) is 22.6 Å². The highest BCUT2D eigenvalue weighted by Crippen LogP contribution is 2.18. The summed E-state index contributed by atoms with van der Waals surface area (Å²) in [6.45, 7) is 1.32. The molecular formula is C17H22N4O4S. The predicted molar refractivity (Wildman–Crippen MR) is 100 cm³/mol. The van der Waals surface area contributed by atoms with Crippen LogP contribution in [0.3, 0.4) is 0 Å². The van der Waals surface area contributed by atoms with Gasteiger partial charge in [-0.15, -0.1) is 0 Å². The molecule has 8 nitrogen and oxygen atoms in total. The number of nitrogens with one attached hydrogen (secondary N) is 1. The number of aromatic nitrogens is 2. The van der Waals surface area contributed by atoms with Gasteiger partial charge in [-0.25, -0.2) is 9.78 Å². The van der Waals surface area contributed by atoms with Crippen molar-refractivity contribution in [1.82, 2.24) is 19.8 Å². The van der Waals surface area contributed by atoms with Gasteiger partial charge < -0.3 is 9.64 Å². The number of hydrogen-bond acceptors (Lipinski definition) is 7. The smallest absolute Gasteiger partial charge is 0.413 e. The van der Waals surface area contributed by atoms with Crippen molar-refractivity contribution in [1.29, 1.82) is 0 Å². The largest absolute Gasteiger partial charge is 0.453 e. The number of carbonyl (C=O) groups excluding carboxylic acids is 2. The van der Waals surface area contributed by atoms with E-state index in [9.17, 15) is 14.4 Å². The molecule has 0 saturated carbocycles. The third kappa shape index (κ3) is 5.30. The number of imide groups is 1. The Bertz CT molecular complexity index is 850. The zero-order chi connectivity index (χ0) is 19.1. The molecule has 0 aliphatic carbocycles. The molecular weight excluding hydrogens is 356 g/mol. The molecule has 2 aromatic rings. The maximum absolute atomic E-state index is 12.8. The summed E-state index contributed by atoms with van der Waals surface area (Å²) < 4.78 is 5.98. The van der Waals surface area contributed by atoms with Crippen LogP contribution in [0.1, 0.15) is 6.42 Å². The van der Waals surface area contributed by atoms with Crippen LogP contribution in [0.25, 0.3) is 10.9 Å². The topological polar surface area (TPSA) is 93.5 Å². The number of alkyl carbamates (subject to hydrolysis) is 1. The predicted octanol–water partition coefficient (Wildman–Crippen LogP) is 1.32. The Balaban J connectivity index is 2.25. The van der Waals surface area contributed by atoms with E-state index in [-0.39, 0.29) is 11.3 Å². The molecule has 1 N–H and O–H groups in total. The second kappa shape index (κ2) is 9.35. The van der Waals surface area contributed by atoms with Crippen molar-refractivity contribution >= 4 is 34.7 Å². The molecule has 0 spiro atoms. The number of ether oxygens (including phenoxy) is 1. The van der Waals surface area contributed by atoms with Crippen LogP contribution in [0.5, 0.6) is 0 Å². The van der Waals surface area contributed by atoms with Gasteiger partial charge in [0.1, 0.15) is 0 Å². The number of benzene rings is 1. The SMILES string of the molecule is COC(=O)NC(=O)CSc1nc2ccccc2c(=O)n1CCCN(C)C. The maximum Gasteiger partial charge on any atom is 0.413 e. The monoisotopic (exact) mass is 378 g/mol. The summed E-state index contributed by atoms with van der Waals surface area (Å²) in [6.07, 6.45) is -0.0417. The van der Waals surface area contributed by atoms with E-state index in [1.165, 1.54) is 7.11 Å². The third-order valence-corrected chi connectivity index (χ3v) is 4.55. The molecule has 0 bridgehead atoms. The fourth-order valence-electron chi connectivity index (χ4n) is 2.33. The van der Waals surface area contributed by atoms with Crippen LogP contribution in [-0.4, -0.2) is 60.0 Å². The Hall–Kier alpha value is -2.39. The second-order valence-corrected chi connectivity index (χ2v) is 6.80. The van der Waals surface area contributed by atoms with Gasteiger partial charge in [0, 0.05) is 6.54 Å². The molecule has 0 unspecified atom stereocenters. The van der Waals surface area contributed by atoms with E-state index in [0.717, 1.165) is 24.7 Å². The zero-order valence-corrected chi connectivity index (χ0v) is 15.8. The molecule has 9 heteroatoms. The molecule has 1 aromatic carbocycles. The van der Waals surface area contributed by atoms with Gasteiger partial charge in [0.25, 0.3) is 5.56 Å². The summed E-state index contributed by atoms with van der Waals surface area (Å²) in [5.74, 6) is -0.558. The summed E-state index contributed by atoms with van der Waals surface area (Å²) in [7, 11) is 5.12. The number of fused-ring (bicyclic) bond motifs is 1. The number of nitrogens with zero attached hydrogens (tertiary/aromatic N) is 3. The Morgan fingerprint density at radius 2 is 2.04 bits per heavy atom. The van der Waals surface area contributed by atoms with Crippen molar-refractivity contribution in [2.24, 2.45) is 0 Å². The van der Waals surface area contributed by atoms with Crippen LogP contribution in [0.4, 0.5) is 4.79 Å². The van der Waals surface area contributed by atoms with E-state index in [4.69, 9.17) is 0 Å². The van der Waals surface area contributed by atoms with E-state index >= 15 is 0 Å². The van der Waals surface area contributed by atoms with E-state index in [1.54, 1.807) is 22.8 Å². The van der Waals surface area contributed by atoms with Gasteiger partial charge in [-0.05, 0) is 39.2 Å². The van der Waals surface area contributed by atoms with Gasteiger partial charge in [-0.1, -0.05) is 23.9 Å². The first-order chi connectivity index (χ1) is 12.4. The van der Waals surface area contributed by atoms with Crippen molar-refractivity contribution in [3.05, 3.63) is 34.6 Å². The number of carbonyl (C=O) groups is 2. The zero-order valence-electron chi connectivity index (χ0n) is 15.0. The second-order valence-electron chi connectivity index (χ2n) is 5.85. The van der Waals surface area contributed by atoms with Gasteiger partial charge in [0.05, 0.1) is 23.8 Å². The van der Waals surface area contributed by atoms with Crippen LogP contribution in [0.2, 0.25) is 0 Å². The number of amides is 2. The van der Waals surface area contributed by atoms with Gasteiger partial charge in [-0.2, -0.15) is 0 Å². The molecule has 2 amide bonds. The molecule has 140 valence electrons. The van der Waals surface area contributed by atoms with Gasteiger partial charge >= 0.3 is 6.09 Å². The minimum Gasteiger partial charge on any atom is -0.453 e. The average Bonchev–Trinajstić information content (AvgIpc) is 2.61. The lowest BCUT2D eigenvalue weighted by molar-refractivity contribution is -0.117. The highest BCUT2D eigenvalue weighted by molar-refractivity contribution is 7.99. The number of thioether (sulfide) groups is 1. The van der Waals surface area contributed by atoms with Crippen LogP contribution in [0, 0.1) is 0 Å². The lowest BCUT2D eigenvalue weighted by Crippen LogP contribution is -2.32. The van der Waals surface area contributed by atoms with Crippen LogP contribution < -0.4 is 10.9 Å². The number of para-hydroxylation sites is 1. The van der Waals surface area contributed by atoms with Gasteiger partial charge in [0.2, 0.25) is 5.91 Å². The number of hydrogen-bond donors (Lipinski definition) is 1. The third-order valence-electron chi connectivity index (χ3n) is 3.57. The lowest BCUT2D eigenvalue weighted by atomic mass is 10.2. The van der Waals surface area contributed by atoms with E-state index in [2.05, 4.69) is 15.0 Å². The first-order valence-electron chi connectivity index (χ1n) is 8.07. The Morgan fingerprint density at radius 1 is 1.31 bits per heavy atom. The van der Waals surface area contributed by atoms with Crippen molar-refractivity contribution in [2.45, 2.75) is 18.1 Å². The fourth-order valence-corrected chi connectivity index (χ4v) is 3.16. The summed E-state index contributed by atoms with van der Waals surface area (Å²) in [4.78, 5) is 42.3. The molecule has 0 aliphatic rings. The van der Waals surface area contributed by atoms with Crippen LogP contribution >= 0.6 is 11.8 Å². The van der Waals surface area contributed by atoms with Crippen molar-refractivity contribution < 1.29 is 14.3 Å². The fraction of sp³-hybridized carbons (Fsp3) is 0.412. The van der Waals surface area contributed by atoms with Crippen molar-refractivity contribution in [3.8, 4) is 0 Å². The molecule has 0 atom stereocenters. The summed E-state index contributed by atoms with van der Waals surface area (Å²) in [5, 5.41) is 3.08. The highest BCUT2D eigenvalue weighted by atomic mass is 32.2.